The minimum atomic E-state index is -0.128. The Balaban J connectivity index is 1.64. The molecule has 0 aliphatic heterocycles. The van der Waals surface area contributed by atoms with Gasteiger partial charge in [0.2, 0.25) is 0 Å². The summed E-state index contributed by atoms with van der Waals surface area (Å²) in [4.78, 5) is 17.4. The second-order valence-electron chi connectivity index (χ2n) is 6.14. The summed E-state index contributed by atoms with van der Waals surface area (Å²) in [6.07, 6.45) is 3.56. The van der Waals surface area contributed by atoms with Crippen molar-refractivity contribution in [3.8, 4) is 0 Å². The number of benzene rings is 2. The van der Waals surface area contributed by atoms with Crippen LogP contribution in [0.5, 0.6) is 0 Å². The number of anilines is 1. The van der Waals surface area contributed by atoms with E-state index in [1.807, 2.05) is 77.3 Å². The second-order valence-corrected chi connectivity index (χ2v) is 6.14. The first kappa shape index (κ1) is 16.1. The van der Waals surface area contributed by atoms with Crippen LogP contribution in [0, 0.1) is 0 Å². The van der Waals surface area contributed by atoms with Crippen molar-refractivity contribution in [1.82, 2.24) is 9.38 Å². The maximum absolute atomic E-state index is 12.6. The SMILES string of the molecule is O=C(Nc1c(CCc2ccccc2)nc2ccccn12)c1ccccc1. The number of rotatable bonds is 5. The summed E-state index contributed by atoms with van der Waals surface area (Å²) in [7, 11) is 0. The van der Waals surface area contributed by atoms with Crippen molar-refractivity contribution >= 4 is 17.4 Å². The van der Waals surface area contributed by atoms with Gasteiger partial charge in [-0.1, -0.05) is 54.6 Å². The van der Waals surface area contributed by atoms with Crippen LogP contribution in [0.15, 0.2) is 85.1 Å². The van der Waals surface area contributed by atoms with Gasteiger partial charge in [0.1, 0.15) is 11.5 Å². The van der Waals surface area contributed by atoms with Crippen LogP contribution in [0.3, 0.4) is 0 Å². The van der Waals surface area contributed by atoms with Crippen LogP contribution in [-0.4, -0.2) is 15.3 Å². The molecule has 4 rings (SSSR count). The van der Waals surface area contributed by atoms with Gasteiger partial charge in [-0.25, -0.2) is 4.98 Å². The monoisotopic (exact) mass is 341 g/mol. The third-order valence-electron chi connectivity index (χ3n) is 4.36. The van der Waals surface area contributed by atoms with Crippen molar-refractivity contribution in [2.45, 2.75) is 12.8 Å². The summed E-state index contributed by atoms with van der Waals surface area (Å²) in [5.74, 6) is 0.614. The highest BCUT2D eigenvalue weighted by atomic mass is 16.1. The minimum Gasteiger partial charge on any atom is -0.306 e. The van der Waals surface area contributed by atoms with Gasteiger partial charge in [0.05, 0.1) is 5.69 Å². The van der Waals surface area contributed by atoms with E-state index >= 15 is 0 Å². The first-order valence-corrected chi connectivity index (χ1v) is 8.67. The number of nitrogens with one attached hydrogen (secondary N) is 1. The van der Waals surface area contributed by atoms with E-state index in [0.717, 1.165) is 30.0 Å². The fraction of sp³-hybridized carbons (Fsp3) is 0.0909. The number of amides is 1. The smallest absolute Gasteiger partial charge is 0.256 e. The third-order valence-corrected chi connectivity index (χ3v) is 4.36. The van der Waals surface area contributed by atoms with Gasteiger partial charge in [-0.2, -0.15) is 0 Å². The lowest BCUT2D eigenvalue weighted by Gasteiger charge is -2.08. The maximum Gasteiger partial charge on any atom is 0.256 e. The molecule has 2 aromatic heterocycles. The number of hydrogen-bond donors (Lipinski definition) is 1. The molecule has 0 aliphatic rings. The van der Waals surface area contributed by atoms with Gasteiger partial charge in [-0.05, 0) is 42.7 Å². The molecule has 26 heavy (non-hydrogen) atoms. The highest BCUT2D eigenvalue weighted by Crippen LogP contribution is 2.21. The molecular formula is C22H19N3O. The Morgan fingerprint density at radius 3 is 2.31 bits per heavy atom. The number of aromatic nitrogens is 2. The molecule has 4 heteroatoms. The maximum atomic E-state index is 12.6. The summed E-state index contributed by atoms with van der Waals surface area (Å²) >= 11 is 0. The number of hydrogen-bond acceptors (Lipinski definition) is 2. The molecule has 2 heterocycles. The lowest BCUT2D eigenvalue weighted by atomic mass is 10.1. The Hall–Kier alpha value is -3.40. The van der Waals surface area contributed by atoms with E-state index < -0.39 is 0 Å². The van der Waals surface area contributed by atoms with Crippen LogP contribution in [0.25, 0.3) is 5.65 Å². The predicted octanol–water partition coefficient (Wildman–Crippen LogP) is 4.37. The van der Waals surface area contributed by atoms with Gasteiger partial charge in [-0.3, -0.25) is 9.20 Å². The summed E-state index contributed by atoms with van der Waals surface area (Å²) < 4.78 is 1.93. The molecule has 0 unspecified atom stereocenters. The zero-order valence-corrected chi connectivity index (χ0v) is 14.3. The Morgan fingerprint density at radius 2 is 1.54 bits per heavy atom. The fourth-order valence-corrected chi connectivity index (χ4v) is 3.03. The molecule has 0 spiro atoms. The lowest BCUT2D eigenvalue weighted by Crippen LogP contribution is -2.14. The largest absolute Gasteiger partial charge is 0.306 e. The van der Waals surface area contributed by atoms with Crippen LogP contribution >= 0.6 is 0 Å². The Kier molecular flexibility index (Phi) is 4.48. The van der Waals surface area contributed by atoms with Crippen molar-refractivity contribution in [3.63, 3.8) is 0 Å². The standard InChI is InChI=1S/C22H19N3O/c26-22(18-11-5-2-6-12-18)24-21-19(15-14-17-9-3-1-4-10-17)23-20-13-7-8-16-25(20)21/h1-13,16H,14-15H2,(H,24,26). The number of aryl methyl sites for hydroxylation is 2. The lowest BCUT2D eigenvalue weighted by molar-refractivity contribution is 0.102. The van der Waals surface area contributed by atoms with Gasteiger partial charge in [0.15, 0.2) is 0 Å². The molecule has 0 atom stereocenters. The second kappa shape index (κ2) is 7.23. The first-order valence-electron chi connectivity index (χ1n) is 8.67. The van der Waals surface area contributed by atoms with E-state index in [4.69, 9.17) is 4.98 Å². The van der Waals surface area contributed by atoms with Gasteiger partial charge >= 0.3 is 0 Å². The number of imidazole rings is 1. The zero-order valence-electron chi connectivity index (χ0n) is 14.3. The van der Waals surface area contributed by atoms with Crippen LogP contribution < -0.4 is 5.32 Å². The van der Waals surface area contributed by atoms with E-state index in [0.29, 0.717) is 5.56 Å². The highest BCUT2D eigenvalue weighted by Gasteiger charge is 2.15. The summed E-state index contributed by atoms with van der Waals surface area (Å²) in [6.45, 7) is 0. The number of pyridine rings is 1. The topological polar surface area (TPSA) is 46.4 Å². The van der Waals surface area contributed by atoms with E-state index in [1.165, 1.54) is 5.56 Å². The number of carbonyl (C=O) groups excluding carboxylic acids is 1. The molecule has 1 amide bonds. The third kappa shape index (κ3) is 3.35. The van der Waals surface area contributed by atoms with Crippen molar-refractivity contribution in [2.24, 2.45) is 0 Å². The van der Waals surface area contributed by atoms with Crippen LogP contribution in [-0.2, 0) is 12.8 Å². The van der Waals surface area contributed by atoms with Crippen molar-refractivity contribution in [3.05, 3.63) is 102 Å². The van der Waals surface area contributed by atoms with Gasteiger partial charge in [0, 0.05) is 11.8 Å². The Bertz CT molecular complexity index is 1020. The number of nitrogens with zero attached hydrogens (tertiary/aromatic N) is 2. The van der Waals surface area contributed by atoms with E-state index in [-0.39, 0.29) is 5.91 Å². The minimum absolute atomic E-state index is 0.128. The van der Waals surface area contributed by atoms with E-state index in [1.54, 1.807) is 0 Å². The molecule has 1 N–H and O–H groups in total. The molecule has 2 aromatic carbocycles. The van der Waals surface area contributed by atoms with Gasteiger partial charge in [-0.15, -0.1) is 0 Å². The average molecular weight is 341 g/mol. The van der Waals surface area contributed by atoms with Crippen LogP contribution in [0.2, 0.25) is 0 Å². The highest BCUT2D eigenvalue weighted by molar-refractivity contribution is 6.04. The van der Waals surface area contributed by atoms with E-state index in [9.17, 15) is 4.79 Å². The van der Waals surface area contributed by atoms with Gasteiger partial charge < -0.3 is 5.32 Å². The van der Waals surface area contributed by atoms with Crippen LogP contribution in [0.4, 0.5) is 5.82 Å². The van der Waals surface area contributed by atoms with Crippen molar-refractivity contribution in [2.75, 3.05) is 5.32 Å². The zero-order chi connectivity index (χ0) is 17.8. The summed E-state index contributed by atoms with van der Waals surface area (Å²) in [5, 5.41) is 3.05. The molecule has 0 radical (unpaired) electrons. The molecular weight excluding hydrogens is 322 g/mol. The average Bonchev–Trinajstić information content (AvgIpc) is 3.05. The summed E-state index contributed by atoms with van der Waals surface area (Å²) in [6, 6.07) is 25.4. The summed E-state index contributed by atoms with van der Waals surface area (Å²) in [5.41, 5.74) is 3.61. The fourth-order valence-electron chi connectivity index (χ4n) is 3.03. The molecule has 4 nitrogen and oxygen atoms in total. The molecule has 0 saturated heterocycles. The molecule has 4 aromatic rings. The van der Waals surface area contributed by atoms with Crippen molar-refractivity contribution in [1.29, 1.82) is 0 Å². The first-order chi connectivity index (χ1) is 12.8. The number of carbonyl (C=O) groups is 1. The van der Waals surface area contributed by atoms with Crippen LogP contribution in [0.1, 0.15) is 21.6 Å². The quantitative estimate of drug-likeness (QED) is 0.586. The Morgan fingerprint density at radius 1 is 0.846 bits per heavy atom. The number of fused-ring (bicyclic) bond motifs is 1. The molecule has 0 bridgehead atoms. The normalized spacial score (nSPS) is 10.8. The van der Waals surface area contributed by atoms with Gasteiger partial charge in [0.25, 0.3) is 5.91 Å². The van der Waals surface area contributed by atoms with Crippen molar-refractivity contribution < 1.29 is 4.79 Å². The molecule has 0 aliphatic carbocycles. The van der Waals surface area contributed by atoms with E-state index in [2.05, 4.69) is 17.4 Å². The molecule has 0 fully saturated rings. The molecule has 128 valence electrons. The Labute approximate surface area is 152 Å². The molecule has 0 saturated carbocycles. The predicted molar refractivity (Wildman–Crippen MR) is 103 cm³/mol.